The summed E-state index contributed by atoms with van der Waals surface area (Å²) in [5, 5.41) is 5.84. The van der Waals surface area contributed by atoms with Gasteiger partial charge in [0.05, 0.1) is 31.3 Å². The van der Waals surface area contributed by atoms with Gasteiger partial charge in [0.15, 0.2) is 5.75 Å². The molecule has 0 spiro atoms. The molecule has 0 radical (unpaired) electrons. The molecule has 2 aromatic rings. The fourth-order valence-corrected chi connectivity index (χ4v) is 4.22. The zero-order valence-electron chi connectivity index (χ0n) is 16.1. The van der Waals surface area contributed by atoms with Crippen molar-refractivity contribution in [3.63, 3.8) is 0 Å². The molecule has 0 bridgehead atoms. The molecule has 2 aromatic carbocycles. The van der Waals surface area contributed by atoms with E-state index in [1.807, 2.05) is 6.92 Å². The lowest BCUT2D eigenvalue weighted by Crippen LogP contribution is -2.31. The number of carbonyl (C=O) groups excluding carboxylic acids is 1. The van der Waals surface area contributed by atoms with Gasteiger partial charge in [0, 0.05) is 18.2 Å². The van der Waals surface area contributed by atoms with Crippen molar-refractivity contribution in [2.45, 2.75) is 35.6 Å². The van der Waals surface area contributed by atoms with Crippen LogP contribution in [-0.2, 0) is 14.6 Å². The van der Waals surface area contributed by atoms with Gasteiger partial charge >= 0.3 is 0 Å². The molecule has 1 amide bonds. The van der Waals surface area contributed by atoms with Crippen molar-refractivity contribution in [2.75, 3.05) is 26.1 Å². The largest absolute Gasteiger partial charge is 0.497 e. The molecule has 3 rings (SSSR count). The van der Waals surface area contributed by atoms with Crippen LogP contribution in [0.1, 0.15) is 18.4 Å². The van der Waals surface area contributed by atoms with Gasteiger partial charge in [0.1, 0.15) is 10.6 Å². The highest BCUT2D eigenvalue weighted by Gasteiger charge is 2.27. The van der Waals surface area contributed by atoms with Crippen LogP contribution in [0.25, 0.3) is 0 Å². The minimum atomic E-state index is -3.85. The molecule has 0 unspecified atom stereocenters. The average molecular weight is 404 g/mol. The van der Waals surface area contributed by atoms with Crippen molar-refractivity contribution < 1.29 is 22.7 Å². The minimum absolute atomic E-state index is 0.00401. The van der Waals surface area contributed by atoms with Crippen molar-refractivity contribution in [1.82, 2.24) is 5.32 Å². The van der Waals surface area contributed by atoms with Gasteiger partial charge in [-0.25, -0.2) is 8.42 Å². The number of carbonyl (C=O) groups is 1. The molecule has 1 aliphatic carbocycles. The molecular formula is C20H24N2O5S. The summed E-state index contributed by atoms with van der Waals surface area (Å²) in [5.41, 5.74) is 1.33. The number of nitrogens with one attached hydrogen (secondary N) is 2. The lowest BCUT2D eigenvalue weighted by atomic mass is 10.2. The summed E-state index contributed by atoms with van der Waals surface area (Å²) in [4.78, 5) is 12.1. The number of amides is 1. The quantitative estimate of drug-likeness (QED) is 0.702. The number of benzene rings is 2. The van der Waals surface area contributed by atoms with Crippen LogP contribution in [0.15, 0.2) is 46.2 Å². The highest BCUT2D eigenvalue weighted by molar-refractivity contribution is 7.91. The lowest BCUT2D eigenvalue weighted by molar-refractivity contribution is -0.119. The monoisotopic (exact) mass is 404 g/mol. The smallest absolute Gasteiger partial charge is 0.239 e. The third-order valence-corrected chi connectivity index (χ3v) is 6.25. The molecule has 0 saturated heterocycles. The number of hydrogen-bond acceptors (Lipinski definition) is 6. The van der Waals surface area contributed by atoms with Gasteiger partial charge in [-0.15, -0.1) is 0 Å². The summed E-state index contributed by atoms with van der Waals surface area (Å²) < 4.78 is 37.1. The number of anilines is 1. The summed E-state index contributed by atoms with van der Waals surface area (Å²) >= 11 is 0. The first-order valence-corrected chi connectivity index (χ1v) is 10.4. The molecule has 8 heteroatoms. The van der Waals surface area contributed by atoms with Crippen molar-refractivity contribution in [3.05, 3.63) is 42.0 Å². The Bertz CT molecular complexity index is 967. The van der Waals surface area contributed by atoms with Gasteiger partial charge in [0.2, 0.25) is 15.7 Å². The summed E-state index contributed by atoms with van der Waals surface area (Å²) in [6, 6.07) is 9.86. The first-order chi connectivity index (χ1) is 13.3. The number of aryl methyl sites for hydroxylation is 1. The molecule has 2 N–H and O–H groups in total. The molecule has 7 nitrogen and oxygen atoms in total. The van der Waals surface area contributed by atoms with Crippen LogP contribution in [0.3, 0.4) is 0 Å². The van der Waals surface area contributed by atoms with Crippen LogP contribution >= 0.6 is 0 Å². The maximum atomic E-state index is 13.2. The predicted octanol–water partition coefficient (Wildman–Crippen LogP) is 2.54. The highest BCUT2D eigenvalue weighted by atomic mass is 32.2. The van der Waals surface area contributed by atoms with Crippen molar-refractivity contribution >= 4 is 21.4 Å². The standard InChI is InChI=1S/C20H24N2O5S/c1-13-4-8-16(9-5-13)28(24,25)18-11-15(26-2)10-17(20(18)27-3)21-12-19(23)22-14-6-7-14/h4-5,8-11,14,21H,6-7,12H2,1-3H3,(H,22,23). The normalized spacial score (nSPS) is 13.7. The van der Waals surface area contributed by atoms with Crippen LogP contribution in [0.4, 0.5) is 5.69 Å². The zero-order valence-corrected chi connectivity index (χ0v) is 16.9. The molecule has 1 fully saturated rings. The molecule has 1 saturated carbocycles. The van der Waals surface area contributed by atoms with Gasteiger partial charge in [-0.3, -0.25) is 4.79 Å². The number of hydrogen-bond donors (Lipinski definition) is 2. The van der Waals surface area contributed by atoms with E-state index >= 15 is 0 Å². The number of sulfone groups is 1. The van der Waals surface area contributed by atoms with Gasteiger partial charge in [-0.05, 0) is 31.9 Å². The van der Waals surface area contributed by atoms with E-state index in [0.29, 0.717) is 11.4 Å². The molecule has 0 aliphatic heterocycles. The fraction of sp³-hybridized carbons (Fsp3) is 0.350. The maximum Gasteiger partial charge on any atom is 0.239 e. The SMILES string of the molecule is COc1cc(NCC(=O)NC2CC2)c(OC)c(S(=O)(=O)c2ccc(C)cc2)c1. The number of methoxy groups -OCH3 is 2. The maximum absolute atomic E-state index is 13.2. The Labute approximate surface area is 165 Å². The topological polar surface area (TPSA) is 93.7 Å². The zero-order chi connectivity index (χ0) is 20.3. The van der Waals surface area contributed by atoms with E-state index in [1.165, 1.54) is 20.3 Å². The van der Waals surface area contributed by atoms with Gasteiger partial charge in [-0.1, -0.05) is 17.7 Å². The Morgan fingerprint density at radius 3 is 2.36 bits per heavy atom. The Hall–Kier alpha value is -2.74. The second-order valence-electron chi connectivity index (χ2n) is 6.72. The van der Waals surface area contributed by atoms with E-state index < -0.39 is 9.84 Å². The highest BCUT2D eigenvalue weighted by Crippen LogP contribution is 2.39. The van der Waals surface area contributed by atoms with E-state index in [4.69, 9.17) is 9.47 Å². The Morgan fingerprint density at radius 2 is 1.79 bits per heavy atom. The lowest BCUT2D eigenvalue weighted by Gasteiger charge is -2.17. The van der Waals surface area contributed by atoms with Crippen molar-refractivity contribution in [1.29, 1.82) is 0 Å². The second kappa shape index (κ2) is 8.10. The third kappa shape index (κ3) is 4.39. The summed E-state index contributed by atoms with van der Waals surface area (Å²) in [7, 11) is -1.00. The molecular weight excluding hydrogens is 380 g/mol. The van der Waals surface area contributed by atoms with E-state index in [1.54, 1.807) is 30.3 Å². The Kier molecular flexibility index (Phi) is 5.79. The third-order valence-electron chi connectivity index (χ3n) is 4.47. The van der Waals surface area contributed by atoms with Crippen molar-refractivity contribution in [2.24, 2.45) is 0 Å². The van der Waals surface area contributed by atoms with Crippen molar-refractivity contribution in [3.8, 4) is 11.5 Å². The summed E-state index contributed by atoms with van der Waals surface area (Å²) in [6.45, 7) is 1.89. The van der Waals surface area contributed by atoms with Crippen LogP contribution in [-0.4, -0.2) is 41.1 Å². The molecule has 0 aromatic heterocycles. The van der Waals surface area contributed by atoms with Gasteiger partial charge in [0.25, 0.3) is 0 Å². The molecule has 0 atom stereocenters. The Balaban J connectivity index is 1.97. The first-order valence-electron chi connectivity index (χ1n) is 8.96. The second-order valence-corrected chi connectivity index (χ2v) is 8.64. The molecule has 0 heterocycles. The molecule has 150 valence electrons. The van der Waals surface area contributed by atoms with Crippen LogP contribution < -0.4 is 20.1 Å². The summed E-state index contributed by atoms with van der Waals surface area (Å²) in [6.07, 6.45) is 1.99. The Morgan fingerprint density at radius 1 is 1.11 bits per heavy atom. The minimum Gasteiger partial charge on any atom is -0.497 e. The molecule has 1 aliphatic rings. The van der Waals surface area contributed by atoms with Crippen LogP contribution in [0.2, 0.25) is 0 Å². The average Bonchev–Trinajstić information content (AvgIpc) is 3.49. The van der Waals surface area contributed by atoms with E-state index in [2.05, 4.69) is 10.6 Å². The van der Waals surface area contributed by atoms with E-state index in [0.717, 1.165) is 18.4 Å². The molecule has 28 heavy (non-hydrogen) atoms. The van der Waals surface area contributed by atoms with Gasteiger partial charge in [-0.2, -0.15) is 0 Å². The van der Waals surface area contributed by atoms with Gasteiger partial charge < -0.3 is 20.1 Å². The fourth-order valence-electron chi connectivity index (χ4n) is 2.76. The van der Waals surface area contributed by atoms with E-state index in [9.17, 15) is 13.2 Å². The number of ether oxygens (including phenoxy) is 2. The van der Waals surface area contributed by atoms with Crippen LogP contribution in [0.5, 0.6) is 11.5 Å². The predicted molar refractivity (Wildman–Crippen MR) is 106 cm³/mol. The number of rotatable bonds is 8. The van der Waals surface area contributed by atoms with Crippen LogP contribution in [0, 0.1) is 6.92 Å². The first kappa shape index (κ1) is 20.0. The van der Waals surface area contributed by atoms with E-state index in [-0.39, 0.29) is 34.0 Å². The summed E-state index contributed by atoms with van der Waals surface area (Å²) in [5.74, 6) is 0.326.